The molecule has 0 aliphatic carbocycles. The highest BCUT2D eigenvalue weighted by Crippen LogP contribution is 2.23. The predicted molar refractivity (Wildman–Crippen MR) is 140 cm³/mol. The van der Waals surface area contributed by atoms with E-state index in [0.717, 1.165) is 22.6 Å². The summed E-state index contributed by atoms with van der Waals surface area (Å²) in [5, 5.41) is 21.2. The zero-order chi connectivity index (χ0) is 25.2. The minimum Gasteiger partial charge on any atom is -0.473 e. The first-order valence-electron chi connectivity index (χ1n) is 10.9. The summed E-state index contributed by atoms with van der Waals surface area (Å²) in [7, 11) is 1.83. The summed E-state index contributed by atoms with van der Waals surface area (Å²) in [6.07, 6.45) is 3.86. The van der Waals surface area contributed by atoms with E-state index in [4.69, 9.17) is 33.9 Å². The number of anilines is 2. The van der Waals surface area contributed by atoms with Crippen molar-refractivity contribution in [3.8, 4) is 17.5 Å². The Morgan fingerprint density at radius 3 is 2.54 bits per heavy atom. The lowest BCUT2D eigenvalue weighted by atomic mass is 10.1. The first-order valence-corrected chi connectivity index (χ1v) is 11.7. The number of nitrogens with one attached hydrogen (secondary N) is 4. The number of esters is 1. The molecule has 2 aromatic carbocycles. The number of aromatic amines is 2. The zero-order valence-electron chi connectivity index (χ0n) is 19.3. The van der Waals surface area contributed by atoms with Crippen molar-refractivity contribution in [3.05, 3.63) is 69.7 Å². The molecule has 9 nitrogen and oxygen atoms in total. The predicted octanol–water partition coefficient (Wildman–Crippen LogP) is 4.88. The number of carbonyl (C=O) groups is 1. The van der Waals surface area contributed by atoms with Crippen LogP contribution in [0.1, 0.15) is 12.5 Å². The maximum Gasteiger partial charge on any atom is 0.327 e. The van der Waals surface area contributed by atoms with Crippen LogP contribution in [0, 0.1) is 26.8 Å². The number of H-pyrrole nitrogens is 2. The fraction of sp³-hybridized carbons (Fsp3) is 0.250. The topological polar surface area (TPSA) is 120 Å². The Labute approximate surface area is 213 Å². The zero-order valence-corrected chi connectivity index (χ0v) is 21.0. The van der Waals surface area contributed by atoms with E-state index in [1.54, 1.807) is 23.6 Å². The van der Waals surface area contributed by atoms with Gasteiger partial charge in [-0.25, -0.2) is 0 Å². The number of ether oxygens (including phenoxy) is 2. The Kier molecular flexibility index (Phi) is 9.23. The molecule has 3 rings (SSSR count). The summed E-state index contributed by atoms with van der Waals surface area (Å²) in [5.74, 6) is -0.786. The molecule has 4 N–H and O–H groups in total. The Morgan fingerprint density at radius 1 is 1.20 bits per heavy atom. The summed E-state index contributed by atoms with van der Waals surface area (Å²) in [4.78, 5) is 11.8. The molecule has 11 heteroatoms. The Hall–Kier alpha value is -3.88. The molecule has 3 aromatic rings. The molecule has 0 bridgehead atoms. The number of carbonyl (C=O) groups excluding carboxylic acids is 1. The van der Waals surface area contributed by atoms with Gasteiger partial charge < -0.3 is 20.1 Å². The maximum absolute atomic E-state index is 11.8. The lowest BCUT2D eigenvalue weighted by Crippen LogP contribution is -2.14. The first kappa shape index (κ1) is 25.7. The van der Waals surface area contributed by atoms with Gasteiger partial charge in [-0.15, -0.1) is 0 Å². The summed E-state index contributed by atoms with van der Waals surface area (Å²) >= 11 is 10.5. The monoisotopic (exact) mass is 510 g/mol. The van der Waals surface area contributed by atoms with Gasteiger partial charge in [0.2, 0.25) is 0 Å². The number of nitriles is 1. The molecule has 0 amide bonds. The quantitative estimate of drug-likeness (QED) is 0.125. The number of allylic oxidation sites excluding steroid dienone is 1. The number of rotatable bonds is 11. The third-order valence-electron chi connectivity index (χ3n) is 5.02. The minimum absolute atomic E-state index is 0.238. The molecule has 0 aliphatic heterocycles. The normalized spacial score (nSPS) is 11.6. The molecular formula is C24H26N6O3S2. The second-order valence-electron chi connectivity index (χ2n) is 7.27. The molecule has 1 heterocycles. The van der Waals surface area contributed by atoms with E-state index >= 15 is 0 Å². The SMILES string of the molecule is CCOC(=O)C(C#N)/C=C/Cc1cc(OCNc2ccc(-n3c(=S)[nH][nH]c3=S)cc2)ccc1NC. The average molecular weight is 511 g/mol. The van der Waals surface area contributed by atoms with E-state index in [1.165, 1.54) is 0 Å². The lowest BCUT2D eigenvalue weighted by Gasteiger charge is -2.13. The number of nitrogens with zero attached hydrogens (tertiary/aromatic N) is 2. The van der Waals surface area contributed by atoms with Gasteiger partial charge in [0.1, 0.15) is 5.75 Å². The van der Waals surface area contributed by atoms with Crippen LogP contribution in [0.5, 0.6) is 5.75 Å². The van der Waals surface area contributed by atoms with Crippen LogP contribution in [0.15, 0.2) is 54.6 Å². The molecule has 35 heavy (non-hydrogen) atoms. The van der Waals surface area contributed by atoms with Crippen molar-refractivity contribution in [2.45, 2.75) is 13.3 Å². The molecule has 1 atom stereocenters. The van der Waals surface area contributed by atoms with E-state index in [9.17, 15) is 10.1 Å². The van der Waals surface area contributed by atoms with Crippen molar-refractivity contribution in [2.75, 3.05) is 31.0 Å². The second-order valence-corrected chi connectivity index (χ2v) is 8.04. The van der Waals surface area contributed by atoms with E-state index in [0.29, 0.717) is 21.7 Å². The van der Waals surface area contributed by atoms with Crippen LogP contribution in [-0.4, -0.2) is 41.1 Å². The van der Waals surface area contributed by atoms with E-state index in [-0.39, 0.29) is 13.3 Å². The maximum atomic E-state index is 11.8. The highest BCUT2D eigenvalue weighted by molar-refractivity contribution is 7.72. The van der Waals surface area contributed by atoms with Gasteiger partial charge in [0.05, 0.1) is 18.4 Å². The summed E-state index contributed by atoms with van der Waals surface area (Å²) in [6, 6.07) is 15.3. The van der Waals surface area contributed by atoms with Gasteiger partial charge in [-0.2, -0.15) is 5.26 Å². The van der Waals surface area contributed by atoms with Gasteiger partial charge >= 0.3 is 5.97 Å². The standard InChI is InChI=1S/C24H26N6O3S2/c1-3-32-22(31)17(14-25)6-4-5-16-13-20(11-12-21(16)26-2)33-15-27-18-7-9-19(10-8-18)30-23(34)28-29-24(30)35/h4,6-13,17,26-27H,3,5,15H2,1-2H3,(H,28,34)(H,29,35)/b6-4+. The van der Waals surface area contributed by atoms with Crippen molar-refractivity contribution in [1.82, 2.24) is 14.8 Å². The number of aromatic nitrogens is 3. The fourth-order valence-corrected chi connectivity index (χ4v) is 3.84. The highest BCUT2D eigenvalue weighted by Gasteiger charge is 2.15. The second kappa shape index (κ2) is 12.5. The van der Waals surface area contributed by atoms with Crippen molar-refractivity contribution < 1.29 is 14.3 Å². The third-order valence-corrected chi connectivity index (χ3v) is 5.58. The smallest absolute Gasteiger partial charge is 0.327 e. The van der Waals surface area contributed by atoms with Gasteiger partial charge in [0.15, 0.2) is 22.2 Å². The molecule has 0 spiro atoms. The summed E-state index contributed by atoms with van der Waals surface area (Å²) < 4.78 is 13.5. The Morgan fingerprint density at radius 2 is 1.91 bits per heavy atom. The van der Waals surface area contributed by atoms with Crippen LogP contribution in [0.4, 0.5) is 11.4 Å². The summed E-state index contributed by atoms with van der Waals surface area (Å²) in [6.45, 7) is 2.21. The van der Waals surface area contributed by atoms with Crippen LogP contribution in [0.3, 0.4) is 0 Å². The number of hydrogen-bond donors (Lipinski definition) is 4. The number of hydrogen-bond acceptors (Lipinski definition) is 8. The highest BCUT2D eigenvalue weighted by atomic mass is 32.1. The molecule has 0 aliphatic rings. The number of benzene rings is 2. The average Bonchev–Trinajstić information content (AvgIpc) is 3.20. The fourth-order valence-electron chi connectivity index (χ4n) is 3.29. The van der Waals surface area contributed by atoms with Crippen LogP contribution in [0.25, 0.3) is 5.69 Å². The van der Waals surface area contributed by atoms with Gasteiger partial charge in [-0.3, -0.25) is 19.6 Å². The van der Waals surface area contributed by atoms with Gasteiger partial charge in [0.25, 0.3) is 0 Å². The summed E-state index contributed by atoms with van der Waals surface area (Å²) in [5.41, 5.74) is 3.62. The van der Waals surface area contributed by atoms with Gasteiger partial charge in [-0.1, -0.05) is 12.2 Å². The van der Waals surface area contributed by atoms with Crippen LogP contribution < -0.4 is 15.4 Å². The molecule has 1 unspecified atom stereocenters. The molecule has 182 valence electrons. The van der Waals surface area contributed by atoms with Gasteiger partial charge in [0, 0.05) is 18.4 Å². The van der Waals surface area contributed by atoms with Crippen LogP contribution in [-0.2, 0) is 16.0 Å². The van der Waals surface area contributed by atoms with Gasteiger partial charge in [-0.05, 0) is 85.8 Å². The van der Waals surface area contributed by atoms with Crippen molar-refractivity contribution >= 4 is 41.8 Å². The molecule has 0 radical (unpaired) electrons. The Bertz CT molecular complexity index is 1310. The molecule has 0 fully saturated rings. The molecule has 1 aromatic heterocycles. The van der Waals surface area contributed by atoms with Crippen molar-refractivity contribution in [1.29, 1.82) is 5.26 Å². The van der Waals surface area contributed by atoms with E-state index in [2.05, 4.69) is 20.8 Å². The minimum atomic E-state index is -0.924. The first-order chi connectivity index (χ1) is 17.0. The third kappa shape index (κ3) is 6.81. The lowest BCUT2D eigenvalue weighted by molar-refractivity contribution is -0.144. The molecule has 0 saturated carbocycles. The Balaban J connectivity index is 1.60. The van der Waals surface area contributed by atoms with E-state index in [1.807, 2.05) is 55.6 Å². The van der Waals surface area contributed by atoms with Crippen molar-refractivity contribution in [2.24, 2.45) is 5.92 Å². The van der Waals surface area contributed by atoms with Crippen LogP contribution in [0.2, 0.25) is 0 Å². The van der Waals surface area contributed by atoms with E-state index < -0.39 is 11.9 Å². The van der Waals surface area contributed by atoms with Crippen molar-refractivity contribution in [3.63, 3.8) is 0 Å². The molecular weight excluding hydrogens is 484 g/mol. The van der Waals surface area contributed by atoms with Crippen LogP contribution >= 0.6 is 24.4 Å². The largest absolute Gasteiger partial charge is 0.473 e. The molecule has 0 saturated heterocycles.